The molecule has 1 atom stereocenters. The molecule has 1 rings (SSSR count). The number of aromatic nitrogens is 1. The van der Waals surface area contributed by atoms with E-state index >= 15 is 0 Å². The summed E-state index contributed by atoms with van der Waals surface area (Å²) in [6, 6.07) is 5.72. The summed E-state index contributed by atoms with van der Waals surface area (Å²) >= 11 is 1.66. The highest BCUT2D eigenvalue weighted by Crippen LogP contribution is 2.15. The van der Waals surface area contributed by atoms with Crippen LogP contribution >= 0.6 is 11.8 Å². The SMILES string of the molecule is NC(CO)CCSc1ccccn1. The van der Waals surface area contributed by atoms with Crippen molar-refractivity contribution >= 4 is 11.8 Å². The molecule has 0 saturated heterocycles. The Balaban J connectivity index is 2.20. The van der Waals surface area contributed by atoms with Gasteiger partial charge in [0.1, 0.15) is 0 Å². The van der Waals surface area contributed by atoms with Gasteiger partial charge in [0.2, 0.25) is 0 Å². The quantitative estimate of drug-likeness (QED) is 0.690. The Morgan fingerprint density at radius 3 is 3.00 bits per heavy atom. The number of thioether (sulfide) groups is 1. The summed E-state index contributed by atoms with van der Waals surface area (Å²) in [6.07, 6.45) is 2.59. The van der Waals surface area contributed by atoms with Gasteiger partial charge >= 0.3 is 0 Å². The van der Waals surface area contributed by atoms with Crippen LogP contribution in [0, 0.1) is 0 Å². The van der Waals surface area contributed by atoms with Crippen LogP contribution in [-0.4, -0.2) is 28.5 Å². The van der Waals surface area contributed by atoms with Gasteiger partial charge in [0.25, 0.3) is 0 Å². The van der Waals surface area contributed by atoms with E-state index in [1.807, 2.05) is 18.2 Å². The fourth-order valence-corrected chi connectivity index (χ4v) is 1.78. The number of nitrogens with zero attached hydrogens (tertiary/aromatic N) is 1. The van der Waals surface area contributed by atoms with E-state index in [-0.39, 0.29) is 12.6 Å². The number of pyridine rings is 1. The van der Waals surface area contributed by atoms with Gasteiger partial charge < -0.3 is 10.8 Å². The van der Waals surface area contributed by atoms with Crippen LogP contribution in [0.3, 0.4) is 0 Å². The molecule has 0 aliphatic heterocycles. The third-order valence-electron chi connectivity index (χ3n) is 1.61. The summed E-state index contributed by atoms with van der Waals surface area (Å²) < 4.78 is 0. The van der Waals surface area contributed by atoms with Crippen LogP contribution in [0.4, 0.5) is 0 Å². The summed E-state index contributed by atoms with van der Waals surface area (Å²) in [4.78, 5) is 4.16. The normalized spacial score (nSPS) is 12.8. The van der Waals surface area contributed by atoms with Crippen molar-refractivity contribution in [3.05, 3.63) is 24.4 Å². The monoisotopic (exact) mass is 198 g/mol. The molecular formula is C9H14N2OS. The molecule has 0 saturated carbocycles. The van der Waals surface area contributed by atoms with E-state index in [9.17, 15) is 0 Å². The lowest BCUT2D eigenvalue weighted by Gasteiger charge is -2.06. The minimum absolute atomic E-state index is 0.0583. The average Bonchev–Trinajstić information content (AvgIpc) is 2.19. The first-order valence-corrected chi connectivity index (χ1v) is 5.21. The van der Waals surface area contributed by atoms with Crippen molar-refractivity contribution in [2.24, 2.45) is 5.73 Å². The molecule has 72 valence electrons. The van der Waals surface area contributed by atoms with Crippen molar-refractivity contribution in [1.82, 2.24) is 4.98 Å². The van der Waals surface area contributed by atoms with Crippen LogP contribution < -0.4 is 5.73 Å². The molecule has 1 aromatic heterocycles. The molecule has 3 nitrogen and oxygen atoms in total. The summed E-state index contributed by atoms with van der Waals surface area (Å²) in [7, 11) is 0. The molecule has 0 aliphatic rings. The van der Waals surface area contributed by atoms with Gasteiger partial charge in [-0.2, -0.15) is 0 Å². The van der Waals surface area contributed by atoms with Crippen LogP contribution in [0.2, 0.25) is 0 Å². The maximum absolute atomic E-state index is 8.68. The first kappa shape index (κ1) is 10.5. The topological polar surface area (TPSA) is 59.1 Å². The molecule has 1 aromatic rings. The Morgan fingerprint density at radius 1 is 1.54 bits per heavy atom. The number of rotatable bonds is 5. The summed E-state index contributed by atoms with van der Waals surface area (Å²) in [5.41, 5.74) is 5.55. The molecule has 13 heavy (non-hydrogen) atoms. The van der Waals surface area contributed by atoms with E-state index in [1.165, 1.54) is 0 Å². The Kier molecular flexibility index (Phi) is 4.82. The molecule has 0 amide bonds. The second-order valence-electron chi connectivity index (χ2n) is 2.75. The van der Waals surface area contributed by atoms with E-state index in [1.54, 1.807) is 18.0 Å². The summed E-state index contributed by atoms with van der Waals surface area (Å²) in [5, 5.41) is 9.69. The molecule has 4 heteroatoms. The van der Waals surface area contributed by atoms with Gasteiger partial charge in [0.15, 0.2) is 0 Å². The summed E-state index contributed by atoms with van der Waals surface area (Å²) in [6.45, 7) is 0.0583. The number of aliphatic hydroxyl groups excluding tert-OH is 1. The third kappa shape index (κ3) is 4.26. The van der Waals surface area contributed by atoms with Gasteiger partial charge in [-0.05, 0) is 18.6 Å². The van der Waals surface area contributed by atoms with Crippen molar-refractivity contribution in [3.8, 4) is 0 Å². The molecule has 0 aliphatic carbocycles. The Morgan fingerprint density at radius 2 is 2.38 bits per heavy atom. The Hall–Kier alpha value is -0.580. The standard InChI is InChI=1S/C9H14N2OS/c10-8(7-12)4-6-13-9-3-1-2-5-11-9/h1-3,5,8,12H,4,6-7,10H2. The lowest BCUT2D eigenvalue weighted by molar-refractivity contribution is 0.264. The average molecular weight is 198 g/mol. The third-order valence-corrected chi connectivity index (χ3v) is 2.59. The van der Waals surface area contributed by atoms with Crippen molar-refractivity contribution in [3.63, 3.8) is 0 Å². The van der Waals surface area contributed by atoms with Crippen LogP contribution in [0.1, 0.15) is 6.42 Å². The second kappa shape index (κ2) is 5.96. The number of nitrogens with two attached hydrogens (primary N) is 1. The highest BCUT2D eigenvalue weighted by Gasteiger charge is 2.00. The smallest absolute Gasteiger partial charge is 0.0959 e. The first-order chi connectivity index (χ1) is 6.33. The lowest BCUT2D eigenvalue weighted by atomic mass is 10.3. The molecule has 0 radical (unpaired) electrons. The Labute approximate surface area is 82.4 Å². The van der Waals surface area contributed by atoms with Gasteiger partial charge in [0, 0.05) is 18.0 Å². The highest BCUT2D eigenvalue weighted by molar-refractivity contribution is 7.99. The van der Waals surface area contributed by atoms with Crippen molar-refractivity contribution in [2.75, 3.05) is 12.4 Å². The van der Waals surface area contributed by atoms with E-state index in [4.69, 9.17) is 10.8 Å². The minimum Gasteiger partial charge on any atom is -0.395 e. The predicted molar refractivity (Wildman–Crippen MR) is 54.6 cm³/mol. The largest absolute Gasteiger partial charge is 0.395 e. The molecule has 3 N–H and O–H groups in total. The maximum atomic E-state index is 8.68. The zero-order valence-corrected chi connectivity index (χ0v) is 8.20. The fourth-order valence-electron chi connectivity index (χ4n) is 0.839. The zero-order valence-electron chi connectivity index (χ0n) is 7.39. The molecule has 0 aromatic carbocycles. The molecule has 0 spiro atoms. The van der Waals surface area contributed by atoms with Gasteiger partial charge in [0.05, 0.1) is 11.6 Å². The molecule has 1 unspecified atom stereocenters. The predicted octanol–water partition coefficient (Wildman–Crippen LogP) is 0.883. The van der Waals surface area contributed by atoms with Gasteiger partial charge in [-0.1, -0.05) is 6.07 Å². The summed E-state index contributed by atoms with van der Waals surface area (Å²) in [5.74, 6) is 0.902. The number of hydrogen-bond donors (Lipinski definition) is 2. The Bertz CT molecular complexity index is 230. The minimum atomic E-state index is -0.101. The first-order valence-electron chi connectivity index (χ1n) is 4.23. The van der Waals surface area contributed by atoms with Crippen molar-refractivity contribution < 1.29 is 5.11 Å². The number of aliphatic hydroxyl groups is 1. The van der Waals surface area contributed by atoms with E-state index < -0.39 is 0 Å². The maximum Gasteiger partial charge on any atom is 0.0959 e. The zero-order chi connectivity index (χ0) is 9.52. The van der Waals surface area contributed by atoms with E-state index in [0.29, 0.717) is 0 Å². The van der Waals surface area contributed by atoms with Gasteiger partial charge in [-0.25, -0.2) is 4.98 Å². The van der Waals surface area contributed by atoms with Gasteiger partial charge in [-0.3, -0.25) is 0 Å². The molecule has 1 heterocycles. The molecule has 0 bridgehead atoms. The second-order valence-corrected chi connectivity index (χ2v) is 3.86. The van der Waals surface area contributed by atoms with E-state index in [2.05, 4.69) is 4.98 Å². The van der Waals surface area contributed by atoms with Crippen LogP contribution in [0.15, 0.2) is 29.4 Å². The molecular weight excluding hydrogens is 184 g/mol. The van der Waals surface area contributed by atoms with Crippen LogP contribution in [-0.2, 0) is 0 Å². The molecule has 0 fully saturated rings. The van der Waals surface area contributed by atoms with Gasteiger partial charge in [-0.15, -0.1) is 11.8 Å². The van der Waals surface area contributed by atoms with E-state index in [0.717, 1.165) is 17.2 Å². The lowest BCUT2D eigenvalue weighted by Crippen LogP contribution is -2.24. The van der Waals surface area contributed by atoms with Crippen molar-refractivity contribution in [1.29, 1.82) is 0 Å². The fraction of sp³-hybridized carbons (Fsp3) is 0.444. The van der Waals surface area contributed by atoms with Crippen molar-refractivity contribution in [2.45, 2.75) is 17.5 Å². The number of hydrogen-bond acceptors (Lipinski definition) is 4. The van der Waals surface area contributed by atoms with Crippen LogP contribution in [0.25, 0.3) is 0 Å². The van der Waals surface area contributed by atoms with Crippen LogP contribution in [0.5, 0.6) is 0 Å². The highest BCUT2D eigenvalue weighted by atomic mass is 32.2.